The number of unbranched alkanes of at least 4 members (excludes halogenated alkanes) is 16. The van der Waals surface area contributed by atoms with Gasteiger partial charge in [0.25, 0.3) is 11.4 Å². The molecule has 508 valence electrons. The lowest BCUT2D eigenvalue weighted by molar-refractivity contribution is 0.105. The van der Waals surface area contributed by atoms with Crippen molar-refractivity contribution >= 4 is 114 Å². The molecule has 4 heterocycles. The predicted molar refractivity (Wildman–Crippen MR) is 395 cm³/mol. The minimum Gasteiger partial charge on any atom is -0.396 e. The van der Waals surface area contributed by atoms with Gasteiger partial charge in [-0.2, -0.15) is 0 Å². The van der Waals surface area contributed by atoms with Gasteiger partial charge in [0.2, 0.25) is 0 Å². The van der Waals surface area contributed by atoms with Gasteiger partial charge >= 0.3 is 0 Å². The maximum absolute atomic E-state index is 14.8. The number of nitrogens with zero attached hydrogens (tertiary/aromatic N) is 4. The van der Waals surface area contributed by atoms with Crippen LogP contribution in [0.15, 0.2) is 83.5 Å². The van der Waals surface area contributed by atoms with Crippen LogP contribution in [-0.4, -0.2) is 23.0 Å². The van der Waals surface area contributed by atoms with E-state index in [1.54, 1.807) is 12.1 Å². The van der Waals surface area contributed by atoms with E-state index in [0.717, 1.165) is 170 Å². The molecule has 6 aromatic rings. The van der Waals surface area contributed by atoms with Gasteiger partial charge in [-0.3, -0.25) is 20.4 Å². The van der Waals surface area contributed by atoms with Crippen molar-refractivity contribution in [2.45, 2.75) is 195 Å². The summed E-state index contributed by atoms with van der Waals surface area (Å²) >= 11 is 5.37. The normalized spacial score (nSPS) is 17.0. The number of Topliss-reactive ketones (excluding diaryl/α,β-unsaturated/α-hetero) is 2. The summed E-state index contributed by atoms with van der Waals surface area (Å²) < 4.78 is 61.3. The van der Waals surface area contributed by atoms with Crippen LogP contribution in [0, 0.1) is 81.7 Å². The second-order valence-electron chi connectivity index (χ2n) is 25.9. The first-order valence-electron chi connectivity index (χ1n) is 34.6. The number of nitriles is 2. The number of hydrogen-bond donors (Lipinski definition) is 4. The van der Waals surface area contributed by atoms with Crippen LogP contribution in [0.4, 0.5) is 17.6 Å². The number of fused-ring (bicyclic) bond motifs is 2. The molecule has 0 aliphatic heterocycles. The molecule has 0 radical (unpaired) electrons. The van der Waals surface area contributed by atoms with Crippen LogP contribution >= 0.6 is 45.3 Å². The maximum atomic E-state index is 14.8. The third kappa shape index (κ3) is 16.8. The molecule has 0 amide bonds. The van der Waals surface area contributed by atoms with E-state index in [-0.39, 0.29) is 67.4 Å². The lowest BCUT2D eigenvalue weighted by atomic mass is 9.86. The highest BCUT2D eigenvalue weighted by Crippen LogP contribution is 2.45. The summed E-state index contributed by atoms with van der Waals surface area (Å²) in [7, 11) is 0. The van der Waals surface area contributed by atoms with Crippen molar-refractivity contribution in [2.24, 2.45) is 23.3 Å². The monoisotopic (exact) mass is 1390 g/mol. The van der Waals surface area contributed by atoms with Gasteiger partial charge in [0.1, 0.15) is 0 Å². The Kier molecular flexibility index (Phi) is 26.3. The Labute approximate surface area is 589 Å². The van der Waals surface area contributed by atoms with Crippen LogP contribution in [0.25, 0.3) is 55.3 Å². The van der Waals surface area contributed by atoms with Crippen LogP contribution in [0.2, 0.25) is 0 Å². The average Bonchev–Trinajstić information content (AvgIpc) is 1.58. The third-order valence-corrected chi connectivity index (χ3v) is 23.3. The smallest absolute Gasteiger partial charge is 0.270 e. The molecule has 2 atom stereocenters. The molecular formula is C80H84F4N8O2S4. The molecule has 0 bridgehead atoms. The molecule has 10 nitrogen and oxygen atoms in total. The van der Waals surface area contributed by atoms with Crippen molar-refractivity contribution in [3.63, 3.8) is 0 Å². The van der Waals surface area contributed by atoms with Gasteiger partial charge in [0.15, 0.2) is 34.8 Å². The number of halogens is 4. The number of carbonyl (C=O) groups excluding carboxylic acids is 2. The van der Waals surface area contributed by atoms with Crippen molar-refractivity contribution in [3.8, 4) is 12.1 Å². The number of nitrogens with one attached hydrogen (secondary N) is 2. The Balaban J connectivity index is 1.18. The molecule has 18 heteroatoms. The van der Waals surface area contributed by atoms with Gasteiger partial charge in [-0.15, -0.1) is 45.3 Å². The average molecular weight is 1390 g/mol. The lowest BCUT2D eigenvalue weighted by Gasteiger charge is -2.22. The number of rotatable bonds is 32. The molecule has 98 heavy (non-hydrogen) atoms. The van der Waals surface area contributed by atoms with E-state index >= 15 is 0 Å². The second-order valence-corrected chi connectivity index (χ2v) is 30.3. The molecule has 0 saturated carbocycles. The van der Waals surface area contributed by atoms with Gasteiger partial charge < -0.3 is 11.5 Å². The fourth-order valence-corrected chi connectivity index (χ4v) is 18.3. The molecule has 0 spiro atoms. The number of carbonyl (C=O) groups is 2. The zero-order chi connectivity index (χ0) is 70.2. The minimum atomic E-state index is -1.22. The number of nitrogens with two attached hydrogens (primary N) is 2. The highest BCUT2D eigenvalue weighted by atomic mass is 32.1. The Hall–Kier alpha value is -8.36. The van der Waals surface area contributed by atoms with Crippen LogP contribution in [0.5, 0.6) is 0 Å². The summed E-state index contributed by atoms with van der Waals surface area (Å²) in [6.45, 7) is 24.5. The number of hydrogen-bond acceptors (Lipinski definition) is 12. The topological polar surface area (TPSA) is 190 Å². The Bertz CT molecular complexity index is 4330. The molecule has 4 aromatic heterocycles. The lowest BCUT2D eigenvalue weighted by Crippen LogP contribution is -2.29. The third-order valence-electron chi connectivity index (χ3n) is 18.9. The van der Waals surface area contributed by atoms with E-state index in [9.17, 15) is 48.5 Å². The van der Waals surface area contributed by atoms with Gasteiger partial charge in [0, 0.05) is 82.2 Å². The van der Waals surface area contributed by atoms with Crippen LogP contribution < -0.4 is 29.6 Å². The van der Waals surface area contributed by atoms with E-state index in [1.165, 1.54) is 96.7 Å². The zero-order valence-electron chi connectivity index (χ0n) is 56.4. The first kappa shape index (κ1) is 73.9. The minimum absolute atomic E-state index is 0.0130. The van der Waals surface area contributed by atoms with Crippen molar-refractivity contribution in [3.05, 3.63) is 201 Å². The van der Waals surface area contributed by atoms with Gasteiger partial charge in [-0.05, 0) is 120 Å². The maximum Gasteiger partial charge on any atom is 0.270 e. The van der Waals surface area contributed by atoms with Crippen molar-refractivity contribution in [1.82, 2.24) is 0 Å². The predicted octanol–water partition coefficient (Wildman–Crippen LogP) is 19.4. The van der Waals surface area contributed by atoms with Crippen molar-refractivity contribution in [1.29, 1.82) is 21.3 Å². The molecule has 2 unspecified atom stereocenters. The van der Waals surface area contributed by atoms with E-state index < -0.39 is 46.2 Å². The molecule has 6 N–H and O–H groups in total. The number of benzene rings is 2. The number of ketones is 2. The fraction of sp³-hybridized carbons (Fsp3) is 0.400. The van der Waals surface area contributed by atoms with Crippen LogP contribution in [0.3, 0.4) is 0 Å². The largest absolute Gasteiger partial charge is 0.396 e. The molecule has 0 fully saturated rings. The zero-order valence-corrected chi connectivity index (χ0v) is 59.6. The van der Waals surface area contributed by atoms with E-state index in [0.29, 0.717) is 41.8 Å². The van der Waals surface area contributed by atoms with Crippen LogP contribution in [-0.2, 0) is 12.8 Å². The van der Waals surface area contributed by atoms with Gasteiger partial charge in [-0.25, -0.2) is 37.8 Å². The van der Waals surface area contributed by atoms with E-state index in [4.69, 9.17) is 24.6 Å². The molecule has 0 saturated heterocycles. The van der Waals surface area contributed by atoms with E-state index in [1.807, 2.05) is 36.4 Å². The van der Waals surface area contributed by atoms with E-state index in [2.05, 4.69) is 49.5 Å². The first-order chi connectivity index (χ1) is 47.4. The number of allylic oxidation sites excluding steroid dienone is 6. The fourth-order valence-electron chi connectivity index (χ4n) is 13.7. The second kappa shape index (κ2) is 34.9. The van der Waals surface area contributed by atoms with Gasteiger partial charge in [-0.1, -0.05) is 182 Å². The summed E-state index contributed by atoms with van der Waals surface area (Å²) in [6, 6.07) is 18.4. The highest BCUT2D eigenvalue weighted by molar-refractivity contribution is 7.16. The Morgan fingerprint density at radius 3 is 1.12 bits per heavy atom. The van der Waals surface area contributed by atoms with Gasteiger partial charge in [0.05, 0.1) is 48.1 Å². The summed E-state index contributed by atoms with van der Waals surface area (Å²) in [5.41, 5.74) is 16.3. The van der Waals surface area contributed by atoms with Crippen molar-refractivity contribution < 1.29 is 27.2 Å². The summed E-state index contributed by atoms with van der Waals surface area (Å²) in [5, 5.41) is 40.1. The Morgan fingerprint density at radius 2 is 0.796 bits per heavy atom. The summed E-state index contributed by atoms with van der Waals surface area (Å²) in [5.74, 6) is -5.40. The molecule has 3 aliphatic rings. The highest BCUT2D eigenvalue weighted by Gasteiger charge is 2.37. The molecule has 3 aliphatic carbocycles. The summed E-state index contributed by atoms with van der Waals surface area (Å²) in [4.78, 5) is 38.2. The molecule has 9 rings (SSSR count). The standard InChI is InChI=1S/C80H84F4N8O2S4/c1-7-11-15-19-21-25-29-47(27-23-17-13-9-3)35-49-37-67(97-65(49)39-51-31-33-63(95-51)71-69(61(45-85)91-5)53-41-57(81)59(83)43-55(53)79(71)93)73-75(87)77(89)74(78(90)76(73)88)68-38-50(36-48(28-24-18-14-10-4)30-26-22-20-16-12-8-2)66(98-68)40-52-32-34-64(96-52)72-70(62(46-86)92-6)54-42-58(82)60(84)44-56(54)80(72)94/h31-34,37-44,47-48,87,89H,7-30,35-36,88,90H2,1-4H3/b51-39+,52-40+,69-61-,70-62+,71-63+,72-64+,87-75?,89-77?. The molecule has 2 aromatic carbocycles. The first-order valence-corrected chi connectivity index (χ1v) is 37.9. The summed E-state index contributed by atoms with van der Waals surface area (Å²) in [6.07, 6.45) is 32.6. The number of thiophene rings is 4. The SMILES string of the molecule is [C-]#[N+]/C(C#N)=C1\C(=c2\cc/c(=C\c3sc(C4=C(N)C(N)=C(c5cc(CC(CCCCCC)CCCCCCCC)c(/C=c6\cc/c(=C7\C(=O)c8cc(F)c(F)cc8\C7=C(\C#N)[N+]#[C-])s6)s5)C(=N)C4=N)cc3CC(CCCCCC)CCCCCCCC)s2)C(=O)c2cc(F)c(F)cc21. The molecular weight excluding hydrogens is 1310 g/mol. The van der Waals surface area contributed by atoms with Crippen molar-refractivity contribution in [2.75, 3.05) is 0 Å². The van der Waals surface area contributed by atoms with Crippen LogP contribution in [0.1, 0.15) is 244 Å². The quantitative estimate of drug-likeness (QED) is 0.0107. The Morgan fingerprint density at radius 1 is 0.480 bits per heavy atom.